The minimum absolute atomic E-state index is 0.0652. The number of Topliss-reactive ketones (excluding diaryl/α,β-unsaturated/α-hetero) is 1. The van der Waals surface area contributed by atoms with Crippen molar-refractivity contribution in [3.05, 3.63) is 77.4 Å². The summed E-state index contributed by atoms with van der Waals surface area (Å²) in [7, 11) is 0. The van der Waals surface area contributed by atoms with Crippen molar-refractivity contribution in [2.24, 2.45) is 0 Å². The first-order valence-corrected chi connectivity index (χ1v) is 7.27. The second kappa shape index (κ2) is 6.95. The van der Waals surface area contributed by atoms with Crippen molar-refractivity contribution in [1.29, 1.82) is 0 Å². The maximum Gasteiger partial charge on any atom is 0.347 e. The lowest BCUT2D eigenvalue weighted by molar-refractivity contribution is -0.141. The van der Waals surface area contributed by atoms with Gasteiger partial charge in [0.2, 0.25) is 11.7 Å². The Morgan fingerprint density at radius 3 is 2.71 bits per heavy atom. The molecule has 0 amide bonds. The zero-order valence-electron chi connectivity index (χ0n) is 12.6. The summed E-state index contributed by atoms with van der Waals surface area (Å²) in [6, 6.07) is 14.7. The number of halogens is 1. The number of nitrogens with one attached hydrogen (secondary N) is 1. The summed E-state index contributed by atoms with van der Waals surface area (Å²) in [5.41, 5.74) is 1.00. The highest BCUT2D eigenvalue weighted by Crippen LogP contribution is 2.21. The number of hydrogen-bond acceptors (Lipinski definition) is 5. The second-order valence-corrected chi connectivity index (χ2v) is 5.11. The Labute approximate surface area is 137 Å². The van der Waals surface area contributed by atoms with Gasteiger partial charge in [-0.2, -0.15) is 0 Å². The van der Waals surface area contributed by atoms with Crippen molar-refractivity contribution >= 4 is 17.4 Å². The van der Waals surface area contributed by atoms with Crippen molar-refractivity contribution in [2.75, 3.05) is 11.9 Å². The van der Waals surface area contributed by atoms with Gasteiger partial charge in [0.05, 0.1) is 0 Å². The van der Waals surface area contributed by atoms with Gasteiger partial charge in [0, 0.05) is 5.69 Å². The predicted octanol–water partition coefficient (Wildman–Crippen LogP) is 2.79. The first kappa shape index (κ1) is 15.7. The van der Waals surface area contributed by atoms with Gasteiger partial charge in [-0.1, -0.05) is 30.3 Å². The summed E-state index contributed by atoms with van der Waals surface area (Å²) in [5, 5.41) is 2.89. The van der Waals surface area contributed by atoms with E-state index in [2.05, 4.69) is 5.32 Å². The number of benzene rings is 2. The van der Waals surface area contributed by atoms with Gasteiger partial charge >= 0.3 is 5.97 Å². The highest BCUT2D eigenvalue weighted by molar-refractivity contribution is 6.19. The third-order valence-electron chi connectivity index (χ3n) is 3.35. The van der Waals surface area contributed by atoms with Gasteiger partial charge in [0.15, 0.2) is 12.2 Å². The molecule has 2 aromatic carbocycles. The number of esters is 1. The summed E-state index contributed by atoms with van der Waals surface area (Å²) in [4.78, 5) is 24.1. The highest BCUT2D eigenvalue weighted by Gasteiger charge is 2.32. The quantitative estimate of drug-likeness (QED) is 0.676. The summed E-state index contributed by atoms with van der Waals surface area (Å²) in [6.07, 6.45) is 0. The molecule has 24 heavy (non-hydrogen) atoms. The van der Waals surface area contributed by atoms with Gasteiger partial charge in [-0.05, 0) is 29.8 Å². The highest BCUT2D eigenvalue weighted by atomic mass is 19.1. The van der Waals surface area contributed by atoms with E-state index >= 15 is 0 Å². The summed E-state index contributed by atoms with van der Waals surface area (Å²) in [5.74, 6) is -1.62. The fraction of sp³-hybridized carbons (Fsp3) is 0.111. The van der Waals surface area contributed by atoms with Crippen LogP contribution in [-0.4, -0.2) is 18.4 Å². The Bertz CT molecular complexity index is 802. The van der Waals surface area contributed by atoms with Crippen LogP contribution in [0, 0.1) is 5.82 Å². The minimum Gasteiger partial charge on any atom is -0.470 e. The number of rotatable bonds is 5. The lowest BCUT2D eigenvalue weighted by atomic mass is 10.2. The van der Waals surface area contributed by atoms with Crippen LogP contribution in [0.15, 0.2) is 66.1 Å². The van der Waals surface area contributed by atoms with Gasteiger partial charge in [-0.25, -0.2) is 9.18 Å². The molecule has 1 aliphatic heterocycles. The van der Waals surface area contributed by atoms with E-state index in [-0.39, 0.29) is 24.7 Å². The maximum absolute atomic E-state index is 13.1. The minimum atomic E-state index is -0.805. The fourth-order valence-corrected chi connectivity index (χ4v) is 2.21. The molecule has 6 heteroatoms. The van der Waals surface area contributed by atoms with Crippen molar-refractivity contribution in [2.45, 2.75) is 6.61 Å². The van der Waals surface area contributed by atoms with Crippen LogP contribution in [0.2, 0.25) is 0 Å². The number of hydrogen-bond donors (Lipinski definition) is 1. The zero-order valence-corrected chi connectivity index (χ0v) is 12.6. The molecule has 0 aliphatic carbocycles. The molecular weight excluding hydrogens is 313 g/mol. The lowest BCUT2D eigenvalue weighted by Crippen LogP contribution is -2.16. The van der Waals surface area contributed by atoms with Crippen molar-refractivity contribution in [3.8, 4) is 0 Å². The topological polar surface area (TPSA) is 64.6 Å². The number of carbonyl (C=O) groups excluding carboxylic acids is 2. The molecular formula is C18H14FNO4. The molecule has 3 rings (SSSR count). The maximum atomic E-state index is 13.1. The van der Waals surface area contributed by atoms with E-state index in [0.717, 1.165) is 0 Å². The number of para-hydroxylation sites is 1. The smallest absolute Gasteiger partial charge is 0.347 e. The molecule has 0 saturated heterocycles. The van der Waals surface area contributed by atoms with E-state index in [4.69, 9.17) is 9.47 Å². The monoisotopic (exact) mass is 327 g/mol. The summed E-state index contributed by atoms with van der Waals surface area (Å²) >= 11 is 0. The van der Waals surface area contributed by atoms with Gasteiger partial charge in [0.25, 0.3) is 0 Å². The number of ether oxygens (including phenoxy) is 2. The molecule has 0 radical (unpaired) electrons. The average Bonchev–Trinajstić information content (AvgIpc) is 2.94. The van der Waals surface area contributed by atoms with E-state index in [9.17, 15) is 14.0 Å². The van der Waals surface area contributed by atoms with Crippen LogP contribution < -0.4 is 5.32 Å². The number of carbonyl (C=O) groups is 2. The van der Waals surface area contributed by atoms with Crippen LogP contribution in [0.4, 0.5) is 10.1 Å². The van der Waals surface area contributed by atoms with Gasteiger partial charge in [0.1, 0.15) is 12.4 Å². The molecule has 0 saturated carbocycles. The summed E-state index contributed by atoms with van der Waals surface area (Å²) in [6.45, 7) is -0.356. The van der Waals surface area contributed by atoms with Crippen LogP contribution in [0.5, 0.6) is 0 Å². The molecule has 5 nitrogen and oxygen atoms in total. The molecule has 1 aliphatic rings. The Morgan fingerprint density at radius 2 is 1.96 bits per heavy atom. The molecule has 0 unspecified atom stereocenters. The van der Waals surface area contributed by atoms with Crippen LogP contribution in [0.3, 0.4) is 0 Å². The predicted molar refractivity (Wildman–Crippen MR) is 84.2 cm³/mol. The Balaban J connectivity index is 1.73. The molecule has 0 fully saturated rings. The van der Waals surface area contributed by atoms with Crippen molar-refractivity contribution in [1.82, 2.24) is 0 Å². The molecule has 0 spiro atoms. The zero-order chi connectivity index (χ0) is 16.9. The standard InChI is InChI=1S/C18H14FNO4/c19-13-6-4-5-12(9-13)10-24-18(22)16-15(21)11-23-17(16)20-14-7-2-1-3-8-14/h1-9,20H,10-11H2. The summed E-state index contributed by atoms with van der Waals surface area (Å²) < 4.78 is 23.5. The lowest BCUT2D eigenvalue weighted by Gasteiger charge is -2.09. The van der Waals surface area contributed by atoms with E-state index in [1.54, 1.807) is 18.2 Å². The van der Waals surface area contributed by atoms with Crippen LogP contribution in [-0.2, 0) is 25.7 Å². The third kappa shape index (κ3) is 3.60. The Hall–Kier alpha value is -3.15. The molecule has 122 valence electrons. The Morgan fingerprint density at radius 1 is 1.17 bits per heavy atom. The fourth-order valence-electron chi connectivity index (χ4n) is 2.21. The van der Waals surface area contributed by atoms with E-state index in [1.165, 1.54) is 18.2 Å². The van der Waals surface area contributed by atoms with Crippen molar-refractivity contribution < 1.29 is 23.5 Å². The second-order valence-electron chi connectivity index (χ2n) is 5.11. The van der Waals surface area contributed by atoms with Crippen molar-refractivity contribution in [3.63, 3.8) is 0 Å². The normalized spacial score (nSPS) is 13.6. The molecule has 2 aromatic rings. The number of anilines is 1. The number of ketones is 1. The molecule has 0 bridgehead atoms. The molecule has 1 heterocycles. The first-order valence-electron chi connectivity index (χ1n) is 7.27. The van der Waals surface area contributed by atoms with Crippen LogP contribution >= 0.6 is 0 Å². The van der Waals surface area contributed by atoms with Crippen LogP contribution in [0.1, 0.15) is 5.56 Å². The molecule has 1 N–H and O–H groups in total. The van der Waals surface area contributed by atoms with E-state index in [0.29, 0.717) is 11.3 Å². The molecule has 0 aromatic heterocycles. The average molecular weight is 327 g/mol. The van der Waals surface area contributed by atoms with Gasteiger partial charge in [-0.15, -0.1) is 0 Å². The third-order valence-corrected chi connectivity index (χ3v) is 3.35. The van der Waals surface area contributed by atoms with E-state index in [1.807, 2.05) is 18.2 Å². The first-order chi connectivity index (χ1) is 11.6. The largest absolute Gasteiger partial charge is 0.470 e. The van der Waals surface area contributed by atoms with Crippen LogP contribution in [0.25, 0.3) is 0 Å². The Kier molecular flexibility index (Phi) is 4.56. The van der Waals surface area contributed by atoms with Gasteiger partial charge in [-0.3, -0.25) is 4.79 Å². The van der Waals surface area contributed by atoms with E-state index < -0.39 is 17.6 Å². The SMILES string of the molecule is O=C1COC(Nc2ccccc2)=C1C(=O)OCc1cccc(F)c1. The van der Waals surface area contributed by atoms with Gasteiger partial charge < -0.3 is 14.8 Å². The molecule has 0 atom stereocenters.